The maximum Gasteiger partial charge on any atom is 0.168 e. The summed E-state index contributed by atoms with van der Waals surface area (Å²) in [5, 5.41) is 0. The summed E-state index contributed by atoms with van der Waals surface area (Å²) in [5.41, 5.74) is 1.31. The van der Waals surface area contributed by atoms with E-state index in [0.717, 1.165) is 6.54 Å². The largest absolute Gasteiger partial charge is 0.206 e. The lowest BCUT2D eigenvalue weighted by molar-refractivity contribution is -0.446. The minimum absolute atomic E-state index is 0.979. The first-order valence-corrected chi connectivity index (χ1v) is 3.57. The van der Waals surface area contributed by atoms with Crippen molar-refractivity contribution < 1.29 is 4.58 Å². The van der Waals surface area contributed by atoms with Crippen LogP contribution in [-0.2, 0) is 0 Å². The van der Waals surface area contributed by atoms with Crippen LogP contribution < -0.4 is 0 Å². The highest BCUT2D eigenvalue weighted by molar-refractivity contribution is 5.67. The van der Waals surface area contributed by atoms with Crippen molar-refractivity contribution in [1.29, 1.82) is 0 Å². The fourth-order valence-electron chi connectivity index (χ4n) is 0.540. The quantitative estimate of drug-likeness (QED) is 0.415. The first-order valence-electron chi connectivity index (χ1n) is 3.57. The molecule has 0 aromatic heterocycles. The molecule has 0 atom stereocenters. The second-order valence-corrected chi connectivity index (χ2v) is 2.41. The van der Waals surface area contributed by atoms with Crippen molar-refractivity contribution in [3.63, 3.8) is 0 Å². The van der Waals surface area contributed by atoms with Crippen molar-refractivity contribution in [1.82, 2.24) is 0 Å². The third kappa shape index (κ3) is 4.07. The first-order chi connectivity index (χ1) is 4.70. The van der Waals surface area contributed by atoms with Crippen LogP contribution in [0.15, 0.2) is 24.4 Å². The zero-order valence-electron chi connectivity index (χ0n) is 7.09. The van der Waals surface area contributed by atoms with Crippen LogP contribution in [0.1, 0.15) is 20.8 Å². The van der Waals surface area contributed by atoms with Gasteiger partial charge in [-0.05, 0) is 27.4 Å². The summed E-state index contributed by atoms with van der Waals surface area (Å²) in [6, 6.07) is 0. The van der Waals surface area contributed by atoms with Gasteiger partial charge in [-0.25, -0.2) is 4.58 Å². The Morgan fingerprint density at radius 2 is 2.10 bits per heavy atom. The van der Waals surface area contributed by atoms with E-state index in [-0.39, 0.29) is 0 Å². The maximum absolute atomic E-state index is 3.68. The predicted octanol–water partition coefficient (Wildman–Crippen LogP) is 2.20. The van der Waals surface area contributed by atoms with Crippen LogP contribution >= 0.6 is 0 Å². The normalized spacial score (nSPS) is 10.9. The van der Waals surface area contributed by atoms with Gasteiger partial charge in [-0.15, -0.1) is 0 Å². The highest BCUT2D eigenvalue weighted by atomic mass is 14.9. The summed E-state index contributed by atoms with van der Waals surface area (Å²) in [5.74, 6) is 0. The van der Waals surface area contributed by atoms with E-state index >= 15 is 0 Å². The van der Waals surface area contributed by atoms with Crippen molar-refractivity contribution in [3.8, 4) is 0 Å². The molecule has 56 valence electrons. The second-order valence-electron chi connectivity index (χ2n) is 2.41. The van der Waals surface area contributed by atoms with E-state index in [1.54, 1.807) is 0 Å². The van der Waals surface area contributed by atoms with Gasteiger partial charge in [-0.1, -0.05) is 5.57 Å². The molecule has 0 aliphatic heterocycles. The molecule has 0 spiro atoms. The Bertz CT molecular complexity index is 160. The minimum Gasteiger partial charge on any atom is -0.206 e. The molecule has 1 nitrogen and oxygen atoms in total. The summed E-state index contributed by atoms with van der Waals surface area (Å²) in [6.07, 6.45) is 5.92. The molecule has 0 aromatic carbocycles. The van der Waals surface area contributed by atoms with Crippen LogP contribution in [0, 0.1) is 0 Å². The number of hydrogen-bond donors (Lipinski definition) is 0. The van der Waals surface area contributed by atoms with E-state index in [1.165, 1.54) is 5.57 Å². The zero-order valence-corrected chi connectivity index (χ0v) is 7.09. The fraction of sp³-hybridized carbons (Fsp3) is 0.444. The fourth-order valence-corrected chi connectivity index (χ4v) is 0.540. The molecule has 0 aliphatic rings. The lowest BCUT2D eigenvalue weighted by Crippen LogP contribution is -2.02. The number of hydrogen-bond acceptors (Lipinski definition) is 0. The van der Waals surface area contributed by atoms with Gasteiger partial charge in [0.25, 0.3) is 0 Å². The molecule has 0 fully saturated rings. The third-order valence-electron chi connectivity index (χ3n) is 1.20. The minimum atomic E-state index is 0.979. The van der Waals surface area contributed by atoms with Gasteiger partial charge in [0.1, 0.15) is 6.54 Å². The van der Waals surface area contributed by atoms with Crippen molar-refractivity contribution in [2.24, 2.45) is 0 Å². The molecule has 0 N–H and O–H groups in total. The average molecular weight is 138 g/mol. The van der Waals surface area contributed by atoms with E-state index < -0.39 is 0 Å². The molecule has 0 aromatic rings. The molecular formula is C9H16N+. The lowest BCUT2D eigenvalue weighted by Gasteiger charge is -1.87. The first kappa shape index (κ1) is 9.15. The van der Waals surface area contributed by atoms with Gasteiger partial charge < -0.3 is 0 Å². The lowest BCUT2D eigenvalue weighted by atomic mass is 10.3. The molecule has 0 saturated carbocycles. The number of allylic oxidation sites excluding steroid dienone is 2. The second kappa shape index (κ2) is 4.98. The Kier molecular flexibility index (Phi) is 4.55. The summed E-state index contributed by atoms with van der Waals surface area (Å²) < 4.78 is 2.03. The van der Waals surface area contributed by atoms with Crippen molar-refractivity contribution >= 4 is 6.21 Å². The van der Waals surface area contributed by atoms with E-state index in [2.05, 4.69) is 33.4 Å². The average Bonchev–Trinajstić information content (AvgIpc) is 1.90. The Balaban J connectivity index is 4.12. The van der Waals surface area contributed by atoms with Crippen molar-refractivity contribution in [3.05, 3.63) is 24.4 Å². The molecule has 0 aliphatic carbocycles. The predicted molar refractivity (Wildman–Crippen MR) is 46.5 cm³/mol. The molecule has 0 amide bonds. The number of rotatable bonds is 3. The maximum atomic E-state index is 3.68. The molecule has 0 unspecified atom stereocenters. The van der Waals surface area contributed by atoms with Crippen LogP contribution in [0.25, 0.3) is 0 Å². The molecule has 0 heterocycles. The summed E-state index contributed by atoms with van der Waals surface area (Å²) >= 11 is 0. The van der Waals surface area contributed by atoms with Gasteiger partial charge in [0.2, 0.25) is 0 Å². The molecule has 0 radical (unpaired) electrons. The van der Waals surface area contributed by atoms with Crippen molar-refractivity contribution in [2.75, 3.05) is 6.54 Å². The molecule has 1 heteroatoms. The van der Waals surface area contributed by atoms with Crippen LogP contribution in [0.3, 0.4) is 0 Å². The van der Waals surface area contributed by atoms with Crippen molar-refractivity contribution in [2.45, 2.75) is 20.8 Å². The van der Waals surface area contributed by atoms with E-state index in [0.29, 0.717) is 0 Å². The molecule has 0 rings (SSSR count). The standard InChI is InChI=1S/C9H16N/c1-5-10(6-2)8-7-9(3)4/h5,7-8H,1,6H2,2-4H3/q+1. The Hall–Kier alpha value is -0.850. The van der Waals surface area contributed by atoms with Crippen LogP contribution in [0.5, 0.6) is 0 Å². The van der Waals surface area contributed by atoms with Gasteiger partial charge >= 0.3 is 0 Å². The van der Waals surface area contributed by atoms with E-state index in [1.807, 2.05) is 17.0 Å². The van der Waals surface area contributed by atoms with Crippen LogP contribution in [-0.4, -0.2) is 17.3 Å². The summed E-state index contributed by atoms with van der Waals surface area (Å²) in [6.45, 7) is 10.9. The van der Waals surface area contributed by atoms with Gasteiger partial charge in [0.15, 0.2) is 12.4 Å². The summed E-state index contributed by atoms with van der Waals surface area (Å²) in [4.78, 5) is 0. The molecule has 0 bridgehead atoms. The molecular weight excluding hydrogens is 122 g/mol. The van der Waals surface area contributed by atoms with E-state index in [4.69, 9.17) is 0 Å². The Morgan fingerprint density at radius 3 is 2.40 bits per heavy atom. The highest BCUT2D eigenvalue weighted by Gasteiger charge is 1.87. The van der Waals surface area contributed by atoms with Gasteiger partial charge in [0.05, 0.1) is 0 Å². The molecule has 0 saturated heterocycles. The smallest absolute Gasteiger partial charge is 0.168 e. The topological polar surface area (TPSA) is 3.01 Å². The van der Waals surface area contributed by atoms with Gasteiger partial charge in [0, 0.05) is 6.08 Å². The Morgan fingerprint density at radius 1 is 1.50 bits per heavy atom. The number of nitrogens with zero attached hydrogens (tertiary/aromatic N) is 1. The third-order valence-corrected chi connectivity index (χ3v) is 1.20. The molecule has 10 heavy (non-hydrogen) atoms. The van der Waals surface area contributed by atoms with Gasteiger partial charge in [-0.2, -0.15) is 0 Å². The SMILES string of the molecule is C=C[N+](=CC=C(C)C)CC. The monoisotopic (exact) mass is 138 g/mol. The van der Waals surface area contributed by atoms with Crippen LogP contribution in [0.4, 0.5) is 0 Å². The van der Waals surface area contributed by atoms with Crippen LogP contribution in [0.2, 0.25) is 0 Å². The summed E-state index contributed by atoms with van der Waals surface area (Å²) in [7, 11) is 0. The highest BCUT2D eigenvalue weighted by Crippen LogP contribution is 1.84. The Labute approximate surface area is 63.4 Å². The van der Waals surface area contributed by atoms with E-state index in [9.17, 15) is 0 Å². The zero-order chi connectivity index (χ0) is 7.98. The van der Waals surface area contributed by atoms with Gasteiger partial charge in [-0.3, -0.25) is 0 Å².